The number of nitrogens with two attached hydrogens (primary N) is 2. The van der Waals surface area contributed by atoms with Crippen molar-refractivity contribution in [3.63, 3.8) is 0 Å². The SMILES string of the molecule is NCCc1ccc2c(c1)N(C(=O)CN)C(=O)CO2. The van der Waals surface area contributed by atoms with Gasteiger partial charge >= 0.3 is 0 Å². The second-order valence-corrected chi connectivity index (χ2v) is 3.96. The largest absolute Gasteiger partial charge is 0.482 e. The summed E-state index contributed by atoms with van der Waals surface area (Å²) in [6.07, 6.45) is 0.673. The number of amides is 2. The third-order valence-electron chi connectivity index (χ3n) is 2.72. The summed E-state index contributed by atoms with van der Waals surface area (Å²) in [4.78, 5) is 24.5. The smallest absolute Gasteiger partial charge is 0.271 e. The van der Waals surface area contributed by atoms with Crippen LogP contribution in [0.25, 0.3) is 0 Å². The van der Waals surface area contributed by atoms with Crippen LogP contribution >= 0.6 is 0 Å². The lowest BCUT2D eigenvalue weighted by Gasteiger charge is -2.27. The topological polar surface area (TPSA) is 98.6 Å². The van der Waals surface area contributed by atoms with E-state index in [4.69, 9.17) is 16.2 Å². The van der Waals surface area contributed by atoms with Crippen molar-refractivity contribution in [1.29, 1.82) is 0 Å². The summed E-state index contributed by atoms with van der Waals surface area (Å²) in [7, 11) is 0. The van der Waals surface area contributed by atoms with Gasteiger partial charge in [-0.25, -0.2) is 4.90 Å². The van der Waals surface area contributed by atoms with Gasteiger partial charge in [-0.15, -0.1) is 0 Å². The summed E-state index contributed by atoms with van der Waals surface area (Å²) < 4.78 is 5.28. The van der Waals surface area contributed by atoms with E-state index in [-0.39, 0.29) is 13.2 Å². The summed E-state index contributed by atoms with van der Waals surface area (Å²) >= 11 is 0. The molecule has 0 fully saturated rings. The Kier molecular flexibility index (Phi) is 3.59. The molecule has 0 atom stereocenters. The number of imide groups is 1. The van der Waals surface area contributed by atoms with Crippen molar-refractivity contribution in [2.45, 2.75) is 6.42 Å². The second kappa shape index (κ2) is 5.16. The molecule has 0 saturated heterocycles. The van der Waals surface area contributed by atoms with E-state index in [1.54, 1.807) is 12.1 Å². The fourth-order valence-corrected chi connectivity index (χ4v) is 1.89. The van der Waals surface area contributed by atoms with Crippen molar-refractivity contribution in [2.75, 3.05) is 24.6 Å². The molecule has 1 heterocycles. The summed E-state index contributed by atoms with van der Waals surface area (Å²) in [6.45, 7) is 0.139. The quantitative estimate of drug-likeness (QED) is 0.745. The van der Waals surface area contributed by atoms with E-state index in [0.717, 1.165) is 10.5 Å². The van der Waals surface area contributed by atoms with E-state index in [2.05, 4.69) is 0 Å². The van der Waals surface area contributed by atoms with Crippen LogP contribution in [-0.4, -0.2) is 31.5 Å². The minimum Gasteiger partial charge on any atom is -0.482 e. The van der Waals surface area contributed by atoms with Crippen LogP contribution in [0.15, 0.2) is 18.2 Å². The fraction of sp³-hybridized carbons (Fsp3) is 0.333. The summed E-state index contributed by atoms with van der Waals surface area (Å²) in [5.74, 6) is -0.325. The van der Waals surface area contributed by atoms with Crippen molar-refractivity contribution in [2.24, 2.45) is 11.5 Å². The molecule has 0 unspecified atom stereocenters. The number of benzene rings is 1. The number of rotatable bonds is 3. The highest BCUT2D eigenvalue weighted by molar-refractivity contribution is 6.17. The summed E-state index contributed by atoms with van der Waals surface area (Å²) in [5, 5.41) is 0. The Morgan fingerprint density at radius 1 is 1.39 bits per heavy atom. The Morgan fingerprint density at radius 2 is 2.17 bits per heavy atom. The molecule has 0 spiro atoms. The minimum atomic E-state index is -0.436. The number of carbonyl (C=O) groups excluding carboxylic acids is 2. The van der Waals surface area contributed by atoms with Gasteiger partial charge < -0.3 is 16.2 Å². The monoisotopic (exact) mass is 249 g/mol. The molecule has 6 heteroatoms. The van der Waals surface area contributed by atoms with Gasteiger partial charge in [0.2, 0.25) is 5.91 Å². The maximum Gasteiger partial charge on any atom is 0.271 e. The number of hydrogen-bond acceptors (Lipinski definition) is 5. The lowest BCUT2D eigenvalue weighted by Crippen LogP contribution is -2.45. The van der Waals surface area contributed by atoms with Crippen molar-refractivity contribution >= 4 is 17.5 Å². The van der Waals surface area contributed by atoms with Gasteiger partial charge in [0.05, 0.1) is 12.2 Å². The molecule has 4 N–H and O–H groups in total. The van der Waals surface area contributed by atoms with E-state index in [1.807, 2.05) is 6.07 Å². The van der Waals surface area contributed by atoms with E-state index in [9.17, 15) is 9.59 Å². The molecule has 0 aliphatic carbocycles. The van der Waals surface area contributed by atoms with Crippen molar-refractivity contribution in [1.82, 2.24) is 0 Å². The van der Waals surface area contributed by atoms with E-state index < -0.39 is 11.8 Å². The third kappa shape index (κ3) is 2.20. The Labute approximate surface area is 104 Å². The second-order valence-electron chi connectivity index (χ2n) is 3.96. The van der Waals surface area contributed by atoms with Crippen molar-refractivity contribution < 1.29 is 14.3 Å². The molecule has 2 amide bonds. The Balaban J connectivity index is 2.43. The van der Waals surface area contributed by atoms with Crippen LogP contribution in [0.5, 0.6) is 5.75 Å². The Bertz CT molecular complexity index is 487. The van der Waals surface area contributed by atoms with Crippen LogP contribution in [0.3, 0.4) is 0 Å². The van der Waals surface area contributed by atoms with Crippen LogP contribution < -0.4 is 21.1 Å². The number of fused-ring (bicyclic) bond motifs is 1. The molecule has 1 aromatic carbocycles. The molecular formula is C12H15N3O3. The predicted octanol–water partition coefficient (Wildman–Crippen LogP) is -0.601. The molecule has 1 aliphatic heterocycles. The van der Waals surface area contributed by atoms with E-state index in [0.29, 0.717) is 24.4 Å². The first-order chi connectivity index (χ1) is 8.67. The standard InChI is InChI=1S/C12H15N3O3/c13-4-3-8-1-2-10-9(5-8)15(11(16)6-14)12(17)7-18-10/h1-2,5H,3-4,6-7,13-14H2. The molecule has 0 radical (unpaired) electrons. The Hall–Kier alpha value is -1.92. The van der Waals surface area contributed by atoms with Crippen LogP contribution in [-0.2, 0) is 16.0 Å². The molecule has 1 aliphatic rings. The first-order valence-electron chi connectivity index (χ1n) is 5.69. The van der Waals surface area contributed by atoms with Gasteiger partial charge in [-0.3, -0.25) is 9.59 Å². The Morgan fingerprint density at radius 3 is 2.83 bits per heavy atom. The third-order valence-corrected chi connectivity index (χ3v) is 2.72. The van der Waals surface area contributed by atoms with Crippen molar-refractivity contribution in [3.05, 3.63) is 23.8 Å². The average molecular weight is 249 g/mol. The molecule has 0 aromatic heterocycles. The number of hydrogen-bond donors (Lipinski definition) is 2. The first kappa shape index (κ1) is 12.5. The highest BCUT2D eigenvalue weighted by Crippen LogP contribution is 2.33. The molecule has 1 aromatic rings. The maximum atomic E-state index is 11.7. The van der Waals surface area contributed by atoms with Gasteiger partial charge in [0.25, 0.3) is 5.91 Å². The van der Waals surface area contributed by atoms with E-state index in [1.165, 1.54) is 0 Å². The van der Waals surface area contributed by atoms with Gasteiger partial charge in [0.1, 0.15) is 5.75 Å². The fourth-order valence-electron chi connectivity index (χ4n) is 1.89. The number of anilines is 1. The van der Waals surface area contributed by atoms with Crippen LogP contribution in [0.2, 0.25) is 0 Å². The van der Waals surface area contributed by atoms with Gasteiger partial charge in [-0.2, -0.15) is 0 Å². The predicted molar refractivity (Wildman–Crippen MR) is 66.2 cm³/mol. The van der Waals surface area contributed by atoms with Crippen LogP contribution in [0.1, 0.15) is 5.56 Å². The summed E-state index contributed by atoms with van der Waals surface area (Å²) in [6, 6.07) is 5.35. The average Bonchev–Trinajstić information content (AvgIpc) is 2.38. The zero-order valence-corrected chi connectivity index (χ0v) is 9.89. The molecule has 96 valence electrons. The van der Waals surface area contributed by atoms with Gasteiger partial charge in [0.15, 0.2) is 6.61 Å². The highest BCUT2D eigenvalue weighted by Gasteiger charge is 2.30. The summed E-state index contributed by atoms with van der Waals surface area (Å²) in [5.41, 5.74) is 12.2. The molecule has 18 heavy (non-hydrogen) atoms. The van der Waals surface area contributed by atoms with Gasteiger partial charge in [0, 0.05) is 0 Å². The molecule has 2 rings (SSSR count). The molecule has 0 bridgehead atoms. The molecule has 0 saturated carbocycles. The lowest BCUT2D eigenvalue weighted by molar-refractivity contribution is -0.127. The van der Waals surface area contributed by atoms with E-state index >= 15 is 0 Å². The zero-order valence-electron chi connectivity index (χ0n) is 9.89. The van der Waals surface area contributed by atoms with Crippen LogP contribution in [0.4, 0.5) is 5.69 Å². The van der Waals surface area contributed by atoms with Crippen LogP contribution in [0, 0.1) is 0 Å². The molecule has 6 nitrogen and oxygen atoms in total. The minimum absolute atomic E-state index is 0.144. The number of carbonyl (C=O) groups is 2. The van der Waals surface area contributed by atoms with Gasteiger partial charge in [-0.1, -0.05) is 6.07 Å². The van der Waals surface area contributed by atoms with Crippen molar-refractivity contribution in [3.8, 4) is 5.75 Å². The lowest BCUT2D eigenvalue weighted by atomic mass is 10.1. The normalized spacial score (nSPS) is 14.1. The maximum absolute atomic E-state index is 11.7. The highest BCUT2D eigenvalue weighted by atomic mass is 16.5. The molecular weight excluding hydrogens is 234 g/mol. The number of ether oxygens (including phenoxy) is 1. The zero-order chi connectivity index (χ0) is 13.1. The van der Waals surface area contributed by atoms with Gasteiger partial charge in [-0.05, 0) is 30.7 Å². The first-order valence-corrected chi connectivity index (χ1v) is 5.69. The number of nitrogens with zero attached hydrogens (tertiary/aromatic N) is 1.